The molecule has 0 spiro atoms. The van der Waals surface area contributed by atoms with Gasteiger partial charge < -0.3 is 10.1 Å². The van der Waals surface area contributed by atoms with Gasteiger partial charge in [-0.1, -0.05) is 38.1 Å². The first-order chi connectivity index (χ1) is 9.63. The zero-order chi connectivity index (χ0) is 14.1. The highest BCUT2D eigenvalue weighted by Crippen LogP contribution is 2.34. The predicted octanol–water partition coefficient (Wildman–Crippen LogP) is 4.49. The van der Waals surface area contributed by atoms with Gasteiger partial charge in [-0.25, -0.2) is 4.39 Å². The number of hydrogen-bond donors (Lipinski definition) is 1. The van der Waals surface area contributed by atoms with E-state index in [4.69, 9.17) is 4.74 Å². The topological polar surface area (TPSA) is 21.3 Å². The van der Waals surface area contributed by atoms with Gasteiger partial charge in [0.05, 0.1) is 12.2 Å². The molecule has 2 aromatic carbocycles. The van der Waals surface area contributed by atoms with Crippen molar-refractivity contribution in [3.63, 3.8) is 0 Å². The lowest BCUT2D eigenvalue weighted by Gasteiger charge is -2.27. The van der Waals surface area contributed by atoms with Gasteiger partial charge >= 0.3 is 0 Å². The Morgan fingerprint density at radius 2 is 1.90 bits per heavy atom. The van der Waals surface area contributed by atoms with E-state index in [-0.39, 0.29) is 11.9 Å². The number of rotatable bonds is 2. The molecule has 1 N–H and O–H groups in total. The van der Waals surface area contributed by atoms with Crippen LogP contribution in [-0.2, 0) is 0 Å². The fourth-order valence-electron chi connectivity index (χ4n) is 2.42. The van der Waals surface area contributed by atoms with Crippen LogP contribution >= 0.6 is 0 Å². The maximum absolute atomic E-state index is 13.3. The van der Waals surface area contributed by atoms with Crippen molar-refractivity contribution in [3.05, 3.63) is 59.4 Å². The van der Waals surface area contributed by atoms with Gasteiger partial charge in [0.1, 0.15) is 17.7 Å². The van der Waals surface area contributed by atoms with E-state index in [1.54, 1.807) is 6.07 Å². The summed E-state index contributed by atoms with van der Waals surface area (Å²) in [6.45, 7) is 5.04. The molecule has 0 saturated heterocycles. The number of anilines is 1. The Morgan fingerprint density at radius 1 is 1.15 bits per heavy atom. The largest absolute Gasteiger partial charge is 0.482 e. The van der Waals surface area contributed by atoms with Crippen LogP contribution in [0.1, 0.15) is 37.0 Å². The molecule has 1 aliphatic heterocycles. The molecule has 0 radical (unpaired) electrons. The van der Waals surface area contributed by atoms with Gasteiger partial charge in [0, 0.05) is 6.07 Å². The molecule has 0 aliphatic carbocycles. The third-order valence-electron chi connectivity index (χ3n) is 3.67. The summed E-state index contributed by atoms with van der Waals surface area (Å²) in [6.07, 6.45) is -0.0782. The predicted molar refractivity (Wildman–Crippen MR) is 78.8 cm³/mol. The van der Waals surface area contributed by atoms with Crippen LogP contribution in [0.25, 0.3) is 0 Å². The van der Waals surface area contributed by atoms with Crippen LogP contribution < -0.4 is 10.1 Å². The standard InChI is InChI=1S/C17H18FNO/c1-11(2)12-3-5-13(6-4-12)17-10-19-15-8-7-14(18)9-16(15)20-17/h3-9,11,17,19H,10H2,1-2H3. The summed E-state index contributed by atoms with van der Waals surface area (Å²) in [5.74, 6) is 0.819. The SMILES string of the molecule is CC(C)c1ccc(C2CNc3ccc(F)cc3O2)cc1. The van der Waals surface area contributed by atoms with Gasteiger partial charge in [0.2, 0.25) is 0 Å². The Bertz CT molecular complexity index is 607. The van der Waals surface area contributed by atoms with Crippen molar-refractivity contribution in [1.82, 2.24) is 0 Å². The first-order valence-corrected chi connectivity index (χ1v) is 6.93. The molecule has 0 saturated carbocycles. The maximum atomic E-state index is 13.3. The summed E-state index contributed by atoms with van der Waals surface area (Å²) in [7, 11) is 0. The van der Waals surface area contributed by atoms with Crippen LogP contribution in [0.15, 0.2) is 42.5 Å². The number of hydrogen-bond acceptors (Lipinski definition) is 2. The Hall–Kier alpha value is -2.03. The molecule has 2 aromatic rings. The molecule has 104 valence electrons. The number of halogens is 1. The lowest BCUT2D eigenvalue weighted by Crippen LogP contribution is -2.23. The second-order valence-electron chi connectivity index (χ2n) is 5.45. The molecule has 1 heterocycles. The molecule has 3 rings (SSSR count). The number of fused-ring (bicyclic) bond motifs is 1. The van der Waals surface area contributed by atoms with E-state index < -0.39 is 0 Å². The van der Waals surface area contributed by atoms with Crippen molar-refractivity contribution in [1.29, 1.82) is 0 Å². The van der Waals surface area contributed by atoms with Crippen LogP contribution in [0, 0.1) is 5.82 Å². The highest BCUT2D eigenvalue weighted by atomic mass is 19.1. The van der Waals surface area contributed by atoms with Crippen molar-refractivity contribution in [2.24, 2.45) is 0 Å². The maximum Gasteiger partial charge on any atom is 0.146 e. The molecule has 1 aliphatic rings. The average Bonchev–Trinajstić information content (AvgIpc) is 2.46. The second kappa shape index (κ2) is 5.16. The van der Waals surface area contributed by atoms with Gasteiger partial charge in [0.25, 0.3) is 0 Å². The van der Waals surface area contributed by atoms with Crippen molar-refractivity contribution in [3.8, 4) is 5.75 Å². The minimum absolute atomic E-state index is 0.0782. The van der Waals surface area contributed by atoms with Crippen LogP contribution in [-0.4, -0.2) is 6.54 Å². The normalized spacial score (nSPS) is 17.3. The van der Waals surface area contributed by atoms with E-state index in [9.17, 15) is 4.39 Å². The fraction of sp³-hybridized carbons (Fsp3) is 0.294. The van der Waals surface area contributed by atoms with Crippen LogP contribution in [0.3, 0.4) is 0 Å². The molecule has 0 amide bonds. The lowest BCUT2D eigenvalue weighted by molar-refractivity contribution is 0.209. The monoisotopic (exact) mass is 271 g/mol. The summed E-state index contributed by atoms with van der Waals surface area (Å²) in [5.41, 5.74) is 3.27. The zero-order valence-corrected chi connectivity index (χ0v) is 11.7. The molecule has 0 aromatic heterocycles. The number of nitrogens with one attached hydrogen (secondary N) is 1. The lowest BCUT2D eigenvalue weighted by atomic mass is 9.99. The van der Waals surface area contributed by atoms with E-state index in [0.717, 1.165) is 11.3 Å². The molecule has 2 nitrogen and oxygen atoms in total. The Labute approximate surface area is 118 Å². The van der Waals surface area contributed by atoms with E-state index in [0.29, 0.717) is 18.2 Å². The zero-order valence-electron chi connectivity index (χ0n) is 11.7. The van der Waals surface area contributed by atoms with E-state index in [1.807, 2.05) is 0 Å². The number of ether oxygens (including phenoxy) is 1. The van der Waals surface area contributed by atoms with Crippen molar-refractivity contribution >= 4 is 5.69 Å². The van der Waals surface area contributed by atoms with Gasteiger partial charge in [-0.3, -0.25) is 0 Å². The first kappa shape index (κ1) is 13.0. The van der Waals surface area contributed by atoms with Gasteiger partial charge in [-0.2, -0.15) is 0 Å². The molecule has 1 atom stereocenters. The molecule has 20 heavy (non-hydrogen) atoms. The van der Waals surface area contributed by atoms with Crippen molar-refractivity contribution < 1.29 is 9.13 Å². The minimum Gasteiger partial charge on any atom is -0.482 e. The fourth-order valence-corrected chi connectivity index (χ4v) is 2.42. The first-order valence-electron chi connectivity index (χ1n) is 6.93. The molecular formula is C17H18FNO. The molecule has 0 bridgehead atoms. The third-order valence-corrected chi connectivity index (χ3v) is 3.67. The smallest absolute Gasteiger partial charge is 0.146 e. The summed E-state index contributed by atoms with van der Waals surface area (Å²) < 4.78 is 19.2. The Morgan fingerprint density at radius 3 is 2.60 bits per heavy atom. The molecule has 3 heteroatoms. The Kier molecular flexibility index (Phi) is 3.35. The highest BCUT2D eigenvalue weighted by molar-refractivity contribution is 5.58. The van der Waals surface area contributed by atoms with E-state index in [1.165, 1.54) is 17.7 Å². The highest BCUT2D eigenvalue weighted by Gasteiger charge is 2.21. The summed E-state index contributed by atoms with van der Waals surface area (Å²) in [5, 5.41) is 3.28. The summed E-state index contributed by atoms with van der Waals surface area (Å²) >= 11 is 0. The quantitative estimate of drug-likeness (QED) is 0.868. The van der Waals surface area contributed by atoms with Gasteiger partial charge in [0.15, 0.2) is 0 Å². The molecule has 1 unspecified atom stereocenters. The van der Waals surface area contributed by atoms with Crippen molar-refractivity contribution in [2.75, 3.05) is 11.9 Å². The van der Waals surface area contributed by atoms with E-state index >= 15 is 0 Å². The Balaban J connectivity index is 1.82. The van der Waals surface area contributed by atoms with Gasteiger partial charge in [-0.15, -0.1) is 0 Å². The van der Waals surface area contributed by atoms with Crippen LogP contribution in [0.5, 0.6) is 5.75 Å². The van der Waals surface area contributed by atoms with E-state index in [2.05, 4.69) is 43.4 Å². The summed E-state index contributed by atoms with van der Waals surface area (Å²) in [4.78, 5) is 0. The van der Waals surface area contributed by atoms with Crippen LogP contribution in [0.4, 0.5) is 10.1 Å². The van der Waals surface area contributed by atoms with Gasteiger partial charge in [-0.05, 0) is 29.2 Å². The minimum atomic E-state index is -0.277. The van der Waals surface area contributed by atoms with Crippen LogP contribution in [0.2, 0.25) is 0 Å². The molecule has 0 fully saturated rings. The second-order valence-corrected chi connectivity index (χ2v) is 5.45. The third kappa shape index (κ3) is 2.48. The summed E-state index contributed by atoms with van der Waals surface area (Å²) in [6, 6.07) is 13.0. The molecular weight excluding hydrogens is 253 g/mol. The number of benzene rings is 2. The van der Waals surface area contributed by atoms with Crippen molar-refractivity contribution in [2.45, 2.75) is 25.9 Å². The average molecular weight is 271 g/mol.